The van der Waals surface area contributed by atoms with Crippen LogP contribution in [0.1, 0.15) is 13.3 Å². The second-order valence-corrected chi connectivity index (χ2v) is 5.26. The second-order valence-electron chi connectivity index (χ2n) is 2.46. The number of rotatable bonds is 2. The Bertz CT molecular complexity index is 110. The van der Waals surface area contributed by atoms with E-state index in [9.17, 15) is 4.79 Å². The molecule has 1 nitrogen and oxygen atoms in total. The van der Waals surface area contributed by atoms with Gasteiger partial charge in [0.1, 0.15) is 6.29 Å². The Morgan fingerprint density at radius 3 is 2.60 bits per heavy atom. The summed E-state index contributed by atoms with van der Waals surface area (Å²) in [4.78, 5) is 10.4. The van der Waals surface area contributed by atoms with Crippen LogP contribution in [0.2, 0.25) is 0 Å². The number of carbonyl (C=O) groups excluding carboxylic acids is 1. The maximum absolute atomic E-state index is 10.4. The van der Waals surface area contributed by atoms with Crippen LogP contribution in [-0.2, 0) is 4.79 Å². The predicted octanol–water partition coefficient (Wildman–Crippen LogP) is 2.02. The number of carbonyl (C=O) groups is 1. The van der Waals surface area contributed by atoms with Gasteiger partial charge in [0.05, 0.1) is 4.58 Å². The number of aldehydes is 1. The molecule has 0 aromatic heterocycles. The van der Waals surface area contributed by atoms with Crippen molar-refractivity contribution in [1.29, 1.82) is 0 Å². The van der Waals surface area contributed by atoms with Crippen LogP contribution < -0.4 is 0 Å². The van der Waals surface area contributed by atoms with Crippen molar-refractivity contribution in [2.45, 2.75) is 17.9 Å². The van der Waals surface area contributed by atoms with Gasteiger partial charge in [0.25, 0.3) is 0 Å². The van der Waals surface area contributed by atoms with Crippen molar-refractivity contribution in [3.63, 3.8) is 0 Å². The Hall–Kier alpha value is 0.370. The SMILES string of the molecule is CC(C=O)C1SCCCS1. The molecule has 0 bridgehead atoms. The van der Waals surface area contributed by atoms with E-state index in [1.165, 1.54) is 17.9 Å². The summed E-state index contributed by atoms with van der Waals surface area (Å²) in [7, 11) is 0. The fraction of sp³-hybridized carbons (Fsp3) is 0.857. The fourth-order valence-corrected chi connectivity index (χ4v) is 3.84. The molecule has 0 aromatic carbocycles. The zero-order valence-electron chi connectivity index (χ0n) is 6.08. The van der Waals surface area contributed by atoms with Gasteiger partial charge in [-0.3, -0.25) is 0 Å². The van der Waals surface area contributed by atoms with E-state index in [-0.39, 0.29) is 5.92 Å². The largest absolute Gasteiger partial charge is 0.303 e. The number of hydrogen-bond donors (Lipinski definition) is 0. The van der Waals surface area contributed by atoms with Gasteiger partial charge in [-0.15, -0.1) is 23.5 Å². The molecule has 1 rings (SSSR count). The Morgan fingerprint density at radius 2 is 2.10 bits per heavy atom. The van der Waals surface area contributed by atoms with Crippen LogP contribution in [0.25, 0.3) is 0 Å². The number of hydrogen-bond acceptors (Lipinski definition) is 3. The van der Waals surface area contributed by atoms with Crippen LogP contribution in [0.4, 0.5) is 0 Å². The molecule has 1 heterocycles. The lowest BCUT2D eigenvalue weighted by Gasteiger charge is -2.22. The molecule has 1 aliphatic rings. The standard InChI is InChI=1S/C7H12OS2/c1-6(5-8)7-9-3-2-4-10-7/h5-7H,2-4H2,1H3. The summed E-state index contributed by atoms with van der Waals surface area (Å²) in [5.74, 6) is 2.70. The molecule has 0 spiro atoms. The molecule has 0 aliphatic carbocycles. The van der Waals surface area contributed by atoms with Crippen molar-refractivity contribution >= 4 is 29.8 Å². The molecule has 1 aliphatic heterocycles. The summed E-state index contributed by atoms with van der Waals surface area (Å²) in [6.45, 7) is 2.00. The quantitative estimate of drug-likeness (QED) is 0.599. The van der Waals surface area contributed by atoms with Gasteiger partial charge in [0.2, 0.25) is 0 Å². The highest BCUT2D eigenvalue weighted by Crippen LogP contribution is 2.34. The lowest BCUT2D eigenvalue weighted by molar-refractivity contribution is -0.110. The Balaban J connectivity index is 2.30. The third-order valence-electron chi connectivity index (χ3n) is 1.50. The molecule has 10 heavy (non-hydrogen) atoms. The van der Waals surface area contributed by atoms with Crippen molar-refractivity contribution < 1.29 is 4.79 Å². The van der Waals surface area contributed by atoms with Crippen LogP contribution in [-0.4, -0.2) is 22.4 Å². The summed E-state index contributed by atoms with van der Waals surface area (Å²) < 4.78 is 0.534. The molecule has 0 saturated carbocycles. The average molecular weight is 176 g/mol. The Labute approximate surface area is 70.3 Å². The van der Waals surface area contributed by atoms with Crippen molar-refractivity contribution in [2.75, 3.05) is 11.5 Å². The summed E-state index contributed by atoms with van der Waals surface area (Å²) in [6.07, 6.45) is 2.37. The molecular formula is C7H12OS2. The first-order valence-electron chi connectivity index (χ1n) is 3.53. The van der Waals surface area contributed by atoms with Crippen LogP contribution in [0, 0.1) is 5.92 Å². The molecule has 1 fully saturated rings. The highest BCUT2D eigenvalue weighted by atomic mass is 32.2. The average Bonchev–Trinajstić information content (AvgIpc) is 2.05. The zero-order valence-corrected chi connectivity index (χ0v) is 7.71. The smallest absolute Gasteiger partial charge is 0.124 e. The molecule has 1 unspecified atom stereocenters. The summed E-state index contributed by atoms with van der Waals surface area (Å²) in [6, 6.07) is 0. The van der Waals surface area contributed by atoms with E-state index >= 15 is 0 Å². The molecule has 58 valence electrons. The van der Waals surface area contributed by atoms with E-state index in [0.29, 0.717) is 4.58 Å². The van der Waals surface area contributed by atoms with E-state index < -0.39 is 0 Å². The lowest BCUT2D eigenvalue weighted by Crippen LogP contribution is -2.16. The Kier molecular flexibility index (Phi) is 3.63. The molecule has 0 amide bonds. The molecule has 1 atom stereocenters. The van der Waals surface area contributed by atoms with Crippen molar-refractivity contribution in [2.24, 2.45) is 5.92 Å². The minimum Gasteiger partial charge on any atom is -0.303 e. The van der Waals surface area contributed by atoms with Crippen LogP contribution >= 0.6 is 23.5 Å². The van der Waals surface area contributed by atoms with Gasteiger partial charge in [-0.05, 0) is 17.9 Å². The number of thioether (sulfide) groups is 2. The first-order valence-corrected chi connectivity index (χ1v) is 5.63. The topological polar surface area (TPSA) is 17.1 Å². The van der Waals surface area contributed by atoms with Gasteiger partial charge in [0, 0.05) is 5.92 Å². The van der Waals surface area contributed by atoms with Gasteiger partial charge in [-0.1, -0.05) is 6.92 Å². The third-order valence-corrected chi connectivity index (χ3v) is 4.88. The van der Waals surface area contributed by atoms with E-state index in [0.717, 1.165) is 6.29 Å². The van der Waals surface area contributed by atoms with Crippen molar-refractivity contribution in [3.8, 4) is 0 Å². The van der Waals surface area contributed by atoms with Crippen LogP contribution in [0.5, 0.6) is 0 Å². The molecule has 0 aromatic rings. The van der Waals surface area contributed by atoms with Crippen molar-refractivity contribution in [1.82, 2.24) is 0 Å². The van der Waals surface area contributed by atoms with Gasteiger partial charge in [0.15, 0.2) is 0 Å². The predicted molar refractivity (Wildman–Crippen MR) is 48.5 cm³/mol. The lowest BCUT2D eigenvalue weighted by atomic mass is 10.2. The summed E-state index contributed by atoms with van der Waals surface area (Å²) in [5.41, 5.74) is 0. The Morgan fingerprint density at radius 1 is 1.50 bits per heavy atom. The minimum absolute atomic E-state index is 0.232. The normalized spacial score (nSPS) is 24.1. The van der Waals surface area contributed by atoms with E-state index in [2.05, 4.69) is 0 Å². The fourth-order valence-electron chi connectivity index (χ4n) is 0.874. The first kappa shape index (κ1) is 8.47. The van der Waals surface area contributed by atoms with Gasteiger partial charge in [-0.2, -0.15) is 0 Å². The molecule has 1 saturated heterocycles. The van der Waals surface area contributed by atoms with E-state index in [1.807, 2.05) is 30.4 Å². The molecule has 0 N–H and O–H groups in total. The second kappa shape index (κ2) is 4.29. The summed E-state index contributed by atoms with van der Waals surface area (Å²) in [5, 5.41) is 0. The van der Waals surface area contributed by atoms with Gasteiger partial charge in [-0.25, -0.2) is 0 Å². The maximum Gasteiger partial charge on any atom is 0.124 e. The van der Waals surface area contributed by atoms with Gasteiger partial charge >= 0.3 is 0 Å². The van der Waals surface area contributed by atoms with Crippen LogP contribution in [0.3, 0.4) is 0 Å². The van der Waals surface area contributed by atoms with E-state index in [1.54, 1.807) is 0 Å². The highest BCUT2D eigenvalue weighted by molar-refractivity contribution is 8.17. The molecule has 0 radical (unpaired) electrons. The third kappa shape index (κ3) is 2.20. The summed E-state index contributed by atoms with van der Waals surface area (Å²) >= 11 is 3.86. The minimum atomic E-state index is 0.232. The maximum atomic E-state index is 10.4. The zero-order chi connectivity index (χ0) is 7.40. The van der Waals surface area contributed by atoms with Crippen LogP contribution in [0.15, 0.2) is 0 Å². The molecule has 3 heteroatoms. The van der Waals surface area contributed by atoms with Crippen molar-refractivity contribution in [3.05, 3.63) is 0 Å². The first-order chi connectivity index (χ1) is 4.84. The molecular weight excluding hydrogens is 164 g/mol. The highest BCUT2D eigenvalue weighted by Gasteiger charge is 2.19. The monoisotopic (exact) mass is 176 g/mol. The van der Waals surface area contributed by atoms with E-state index in [4.69, 9.17) is 0 Å². The van der Waals surface area contributed by atoms with Gasteiger partial charge < -0.3 is 4.79 Å².